The van der Waals surface area contributed by atoms with Crippen LogP contribution >= 0.6 is 11.3 Å². The largest absolute Gasteiger partial charge is 0.396 e. The lowest BCUT2D eigenvalue weighted by molar-refractivity contribution is 0.103. The van der Waals surface area contributed by atoms with Crippen LogP contribution in [0, 0.1) is 5.82 Å². The monoisotopic (exact) mass is 286 g/mol. The summed E-state index contributed by atoms with van der Waals surface area (Å²) in [5.74, 6) is -0.720. The van der Waals surface area contributed by atoms with Crippen LogP contribution in [0.25, 0.3) is 10.1 Å². The lowest BCUT2D eigenvalue weighted by Crippen LogP contribution is -2.10. The Kier molecular flexibility index (Phi) is 3.12. The molecule has 1 amide bonds. The van der Waals surface area contributed by atoms with Gasteiger partial charge in [0.15, 0.2) is 0 Å². The molecular weight excluding hydrogens is 275 g/mol. The molecule has 1 heterocycles. The molecule has 0 unspecified atom stereocenters. The van der Waals surface area contributed by atoms with Gasteiger partial charge < -0.3 is 11.1 Å². The lowest BCUT2D eigenvalue weighted by Gasteiger charge is -2.04. The van der Waals surface area contributed by atoms with Crippen LogP contribution < -0.4 is 11.1 Å². The first-order valence-corrected chi connectivity index (χ1v) is 6.80. The van der Waals surface area contributed by atoms with Crippen LogP contribution in [-0.2, 0) is 0 Å². The molecule has 0 bridgehead atoms. The quantitative estimate of drug-likeness (QED) is 0.702. The summed E-state index contributed by atoms with van der Waals surface area (Å²) in [7, 11) is 0. The Morgan fingerprint density at radius 1 is 1.15 bits per heavy atom. The Bertz CT molecular complexity index is 764. The fourth-order valence-corrected chi connectivity index (χ4v) is 2.87. The molecule has 0 spiro atoms. The van der Waals surface area contributed by atoms with Gasteiger partial charge in [0.05, 0.1) is 10.6 Å². The number of hydrogen-bond donors (Lipinski definition) is 2. The van der Waals surface area contributed by atoms with Gasteiger partial charge in [-0.2, -0.15) is 0 Å². The molecule has 0 aliphatic rings. The van der Waals surface area contributed by atoms with Gasteiger partial charge in [-0.25, -0.2) is 4.39 Å². The van der Waals surface area contributed by atoms with E-state index in [-0.39, 0.29) is 11.6 Å². The molecule has 0 radical (unpaired) electrons. The van der Waals surface area contributed by atoms with E-state index in [0.717, 1.165) is 10.1 Å². The van der Waals surface area contributed by atoms with Crippen LogP contribution in [-0.4, -0.2) is 5.91 Å². The summed E-state index contributed by atoms with van der Waals surface area (Å²) >= 11 is 1.41. The van der Waals surface area contributed by atoms with Crippen LogP contribution in [0.4, 0.5) is 15.8 Å². The van der Waals surface area contributed by atoms with Gasteiger partial charge in [0.25, 0.3) is 5.91 Å². The molecule has 0 fully saturated rings. The number of benzene rings is 2. The van der Waals surface area contributed by atoms with Crippen LogP contribution in [0.5, 0.6) is 0 Å². The number of nitrogens with one attached hydrogen (secondary N) is 1. The number of carbonyl (C=O) groups is 1. The molecule has 3 N–H and O–H groups in total. The van der Waals surface area contributed by atoms with E-state index in [4.69, 9.17) is 5.73 Å². The van der Waals surface area contributed by atoms with E-state index in [1.807, 2.05) is 30.3 Å². The van der Waals surface area contributed by atoms with Crippen LogP contribution in [0.1, 0.15) is 9.67 Å². The maximum atomic E-state index is 13.1. The Morgan fingerprint density at radius 2 is 1.95 bits per heavy atom. The maximum Gasteiger partial charge on any atom is 0.265 e. The van der Waals surface area contributed by atoms with Crippen molar-refractivity contribution >= 4 is 38.7 Å². The Hall–Kier alpha value is -2.40. The number of amides is 1. The Balaban J connectivity index is 1.86. The van der Waals surface area contributed by atoms with E-state index in [9.17, 15) is 9.18 Å². The van der Waals surface area contributed by atoms with Crippen molar-refractivity contribution in [2.75, 3.05) is 11.1 Å². The number of carbonyl (C=O) groups excluding carboxylic acids is 1. The molecule has 20 heavy (non-hydrogen) atoms. The molecule has 0 aliphatic carbocycles. The highest BCUT2D eigenvalue weighted by atomic mass is 32.1. The van der Waals surface area contributed by atoms with Crippen molar-refractivity contribution in [3.05, 3.63) is 59.2 Å². The van der Waals surface area contributed by atoms with Gasteiger partial charge in [-0.1, -0.05) is 18.2 Å². The summed E-state index contributed by atoms with van der Waals surface area (Å²) in [5.41, 5.74) is 5.96. The average molecular weight is 286 g/mol. The second-order valence-electron chi connectivity index (χ2n) is 4.34. The number of rotatable bonds is 2. The van der Waals surface area contributed by atoms with E-state index in [1.165, 1.54) is 29.5 Å². The first-order chi connectivity index (χ1) is 9.63. The topological polar surface area (TPSA) is 55.1 Å². The smallest absolute Gasteiger partial charge is 0.265 e. The zero-order valence-corrected chi connectivity index (χ0v) is 11.2. The minimum absolute atomic E-state index is 0.0131. The third-order valence-electron chi connectivity index (χ3n) is 2.90. The van der Waals surface area contributed by atoms with E-state index >= 15 is 0 Å². The van der Waals surface area contributed by atoms with Gasteiger partial charge in [0.1, 0.15) is 5.82 Å². The molecule has 0 saturated carbocycles. The minimum Gasteiger partial charge on any atom is -0.396 e. The number of nitrogens with two attached hydrogens (primary N) is 1. The maximum absolute atomic E-state index is 13.1. The fraction of sp³-hybridized carbons (Fsp3) is 0. The first kappa shape index (κ1) is 12.6. The Labute approximate surface area is 118 Å². The van der Waals surface area contributed by atoms with Crippen molar-refractivity contribution in [3.63, 3.8) is 0 Å². The van der Waals surface area contributed by atoms with E-state index in [1.54, 1.807) is 0 Å². The van der Waals surface area contributed by atoms with E-state index < -0.39 is 5.82 Å². The summed E-state index contributed by atoms with van der Waals surface area (Å²) < 4.78 is 14.1. The van der Waals surface area contributed by atoms with E-state index in [2.05, 4.69) is 5.32 Å². The van der Waals surface area contributed by atoms with Gasteiger partial charge in [-0.3, -0.25) is 4.79 Å². The van der Waals surface area contributed by atoms with E-state index in [0.29, 0.717) is 10.6 Å². The van der Waals surface area contributed by atoms with Crippen molar-refractivity contribution in [2.24, 2.45) is 0 Å². The van der Waals surface area contributed by atoms with Gasteiger partial charge in [-0.15, -0.1) is 11.3 Å². The number of nitrogen functional groups attached to an aromatic ring is 1. The molecule has 3 rings (SSSR count). The number of hydrogen-bond acceptors (Lipinski definition) is 3. The fourth-order valence-electron chi connectivity index (χ4n) is 1.91. The zero-order chi connectivity index (χ0) is 14.1. The molecule has 3 nitrogen and oxygen atoms in total. The molecule has 100 valence electrons. The van der Waals surface area contributed by atoms with Crippen molar-refractivity contribution in [2.45, 2.75) is 0 Å². The van der Waals surface area contributed by atoms with Gasteiger partial charge >= 0.3 is 0 Å². The highest BCUT2D eigenvalue weighted by Gasteiger charge is 2.11. The summed E-state index contributed by atoms with van der Waals surface area (Å²) in [6, 6.07) is 13.7. The molecule has 2 aromatic carbocycles. The van der Waals surface area contributed by atoms with Crippen molar-refractivity contribution in [1.29, 1.82) is 0 Å². The number of anilines is 2. The van der Waals surface area contributed by atoms with Gasteiger partial charge in [-0.05, 0) is 35.7 Å². The molecular formula is C15H11FN2OS. The number of thiophene rings is 1. The summed E-state index contributed by atoms with van der Waals surface area (Å²) in [4.78, 5) is 12.8. The number of halogens is 1. The first-order valence-electron chi connectivity index (χ1n) is 5.98. The molecule has 3 aromatic rings. The van der Waals surface area contributed by atoms with Gasteiger partial charge in [0.2, 0.25) is 0 Å². The van der Waals surface area contributed by atoms with Crippen molar-refractivity contribution < 1.29 is 9.18 Å². The van der Waals surface area contributed by atoms with Crippen LogP contribution in [0.15, 0.2) is 48.5 Å². The van der Waals surface area contributed by atoms with Crippen LogP contribution in [0.2, 0.25) is 0 Å². The summed E-state index contributed by atoms with van der Waals surface area (Å²) in [5, 5.41) is 3.74. The summed E-state index contributed by atoms with van der Waals surface area (Å²) in [6.45, 7) is 0. The lowest BCUT2D eigenvalue weighted by atomic mass is 10.2. The second-order valence-corrected chi connectivity index (χ2v) is 5.42. The molecule has 0 saturated heterocycles. The summed E-state index contributed by atoms with van der Waals surface area (Å²) in [6.07, 6.45) is 0. The standard InChI is InChI=1S/C15H11FN2OS/c16-11-6-5-10(8-12(11)17)18-15(19)14-7-9-3-1-2-4-13(9)20-14/h1-8H,17H2,(H,18,19). The predicted octanol–water partition coefficient (Wildman–Crippen LogP) is 3.87. The molecule has 0 aliphatic heterocycles. The van der Waals surface area contributed by atoms with Crippen LogP contribution in [0.3, 0.4) is 0 Å². The Morgan fingerprint density at radius 3 is 2.70 bits per heavy atom. The average Bonchev–Trinajstić information content (AvgIpc) is 2.87. The third-order valence-corrected chi connectivity index (χ3v) is 4.02. The highest BCUT2D eigenvalue weighted by molar-refractivity contribution is 7.20. The zero-order valence-electron chi connectivity index (χ0n) is 10.4. The minimum atomic E-state index is -0.495. The number of fused-ring (bicyclic) bond motifs is 1. The van der Waals surface area contributed by atoms with Crippen molar-refractivity contribution in [1.82, 2.24) is 0 Å². The predicted molar refractivity (Wildman–Crippen MR) is 80.6 cm³/mol. The molecule has 5 heteroatoms. The highest BCUT2D eigenvalue weighted by Crippen LogP contribution is 2.26. The normalized spacial score (nSPS) is 10.7. The SMILES string of the molecule is Nc1cc(NC(=O)c2cc3ccccc3s2)ccc1F. The molecule has 0 atom stereocenters. The molecule has 1 aromatic heterocycles. The third kappa shape index (κ3) is 2.35. The van der Waals surface area contributed by atoms with Gasteiger partial charge in [0, 0.05) is 10.4 Å². The second kappa shape index (κ2) is 4.94. The van der Waals surface area contributed by atoms with Crippen molar-refractivity contribution in [3.8, 4) is 0 Å².